The van der Waals surface area contributed by atoms with Gasteiger partial charge in [-0.1, -0.05) is 0 Å². The smallest absolute Gasteiger partial charge is 0.377 e. The highest BCUT2D eigenvalue weighted by Crippen LogP contribution is 2.42. The zero-order valence-electron chi connectivity index (χ0n) is 22.2. The maximum atomic E-state index is 5.85. The van der Waals surface area contributed by atoms with Gasteiger partial charge in [0, 0.05) is 108 Å². The predicted molar refractivity (Wildman–Crippen MR) is 132 cm³/mol. The summed E-state index contributed by atoms with van der Waals surface area (Å²) in [6.45, 7) is 0. The molecule has 0 aromatic carbocycles. The van der Waals surface area contributed by atoms with Crippen LogP contribution in [-0.2, 0) is 53.1 Å². The molecule has 0 saturated carbocycles. The largest absolute Gasteiger partial charge is 0.497 e. The second-order valence-electron chi connectivity index (χ2n) is 7.39. The first-order valence-electron chi connectivity index (χ1n) is 10.2. The number of hydrogen-bond acceptors (Lipinski definition) is 12. The molecule has 0 bridgehead atoms. The molecule has 0 aliphatic rings. The highest BCUT2D eigenvalue weighted by molar-refractivity contribution is 7.06. The number of rotatable bonds is 20. The molecule has 0 aliphatic carbocycles. The Labute approximate surface area is 204 Å². The van der Waals surface area contributed by atoms with Gasteiger partial charge in [-0.05, 0) is 0 Å². The summed E-state index contributed by atoms with van der Waals surface area (Å²) in [4.78, 5) is 0. The van der Waals surface area contributed by atoms with Gasteiger partial charge in [0.15, 0.2) is 0 Å². The van der Waals surface area contributed by atoms with Gasteiger partial charge < -0.3 is 53.1 Å². The molecule has 0 fully saturated rings. The predicted octanol–water partition coefficient (Wildman–Crippen LogP) is 1.10. The molecule has 0 aromatic rings. The minimum atomic E-state index is -3.14. The van der Waals surface area contributed by atoms with Crippen molar-refractivity contribution >= 4 is 43.3 Å². The van der Waals surface area contributed by atoms with E-state index in [4.69, 9.17) is 53.1 Å². The van der Waals surface area contributed by atoms with Crippen molar-refractivity contribution in [2.24, 2.45) is 0 Å². The molecule has 0 saturated heterocycles. The highest BCUT2D eigenvalue weighted by Gasteiger charge is 2.63. The molecule has 0 aromatic heterocycles. The normalized spacial score (nSPS) is 14.2. The van der Waals surface area contributed by atoms with Crippen LogP contribution in [0, 0.1) is 0 Å². The lowest BCUT2D eigenvalue weighted by molar-refractivity contribution is 0.120. The van der Waals surface area contributed by atoms with Crippen molar-refractivity contribution in [1.82, 2.24) is 0 Å². The summed E-state index contributed by atoms with van der Waals surface area (Å²) in [6.07, 6.45) is 0. The van der Waals surface area contributed by atoms with Crippen LogP contribution in [0.2, 0.25) is 22.7 Å². The van der Waals surface area contributed by atoms with Crippen LogP contribution in [0.3, 0.4) is 0 Å². The summed E-state index contributed by atoms with van der Waals surface area (Å²) >= 11 is 0. The molecule has 0 atom stereocenters. The average molecular weight is 569 g/mol. The van der Waals surface area contributed by atoms with E-state index in [1.165, 1.54) is 0 Å². The van der Waals surface area contributed by atoms with Gasteiger partial charge in [-0.25, -0.2) is 0 Å². The minimum Gasteiger partial charge on any atom is -0.377 e. The molecule has 0 radical (unpaired) electrons. The van der Waals surface area contributed by atoms with E-state index in [9.17, 15) is 0 Å². The fourth-order valence-electron chi connectivity index (χ4n) is 4.08. The van der Waals surface area contributed by atoms with Gasteiger partial charge in [-0.2, -0.15) is 0 Å². The highest BCUT2D eigenvalue weighted by atomic mass is 28.5. The maximum absolute atomic E-state index is 5.85. The Bertz CT molecular complexity index is 403. The van der Waals surface area contributed by atoms with E-state index >= 15 is 0 Å². The molecule has 0 unspecified atom stereocenters. The van der Waals surface area contributed by atoms with E-state index in [0.717, 1.165) is 0 Å². The van der Waals surface area contributed by atoms with Crippen molar-refractivity contribution in [1.29, 1.82) is 0 Å². The molecule has 0 rings (SSSR count). The molecule has 0 amide bonds. The van der Waals surface area contributed by atoms with Crippen LogP contribution in [0.4, 0.5) is 0 Å². The molecular weight excluding hydrogens is 525 g/mol. The summed E-state index contributed by atoms with van der Waals surface area (Å²) in [5, 5.41) is 0. The lowest BCUT2D eigenvalue weighted by atomic mass is 11.7. The van der Waals surface area contributed by atoms with Crippen LogP contribution < -0.4 is 0 Å². The second-order valence-corrected chi connectivity index (χ2v) is 26.4. The van der Waals surface area contributed by atoms with E-state index in [1.54, 1.807) is 85.3 Å². The summed E-state index contributed by atoms with van der Waals surface area (Å²) in [5.74, 6) is 0. The molecule has 0 heterocycles. The molecule has 17 heteroatoms. The minimum absolute atomic E-state index is 0.448. The first-order chi connectivity index (χ1) is 15.6. The monoisotopic (exact) mass is 568 g/mol. The molecular formula is C16H44O12Si5. The molecule has 0 N–H and O–H groups in total. The van der Waals surface area contributed by atoms with Crippen LogP contribution in [0.25, 0.3) is 0 Å². The Morgan fingerprint density at radius 3 is 0.485 bits per heavy atom. The van der Waals surface area contributed by atoms with Crippen LogP contribution in [-0.4, -0.2) is 129 Å². The van der Waals surface area contributed by atoms with Crippen LogP contribution >= 0.6 is 0 Å². The average Bonchev–Trinajstić information content (AvgIpc) is 2.88. The summed E-state index contributed by atoms with van der Waals surface area (Å²) in [6, 6.07) is 0. The van der Waals surface area contributed by atoms with Crippen molar-refractivity contribution in [2.45, 2.75) is 22.7 Å². The molecule has 12 nitrogen and oxygen atoms in total. The zero-order chi connectivity index (χ0) is 25.8. The third-order valence-corrected chi connectivity index (χ3v) is 32.5. The van der Waals surface area contributed by atoms with Gasteiger partial charge in [0.2, 0.25) is 0 Å². The van der Waals surface area contributed by atoms with E-state index in [0.29, 0.717) is 22.7 Å². The van der Waals surface area contributed by atoms with E-state index in [1.807, 2.05) is 0 Å². The molecule has 33 heavy (non-hydrogen) atoms. The lowest BCUT2D eigenvalue weighted by Gasteiger charge is -2.45. The van der Waals surface area contributed by atoms with Crippen molar-refractivity contribution in [2.75, 3.05) is 85.3 Å². The third kappa shape index (κ3) is 8.31. The summed E-state index contributed by atoms with van der Waals surface area (Å²) in [5.41, 5.74) is 1.79. The Morgan fingerprint density at radius 1 is 0.273 bits per heavy atom. The Hall–Kier alpha value is 0.604. The Morgan fingerprint density at radius 2 is 0.394 bits per heavy atom. The molecule has 0 spiro atoms. The SMILES string of the molecule is CO[Si](C[Si](C[Si](OC)(OC)OC)(C[Si](OC)(OC)OC)C[Si](OC)(OC)OC)(OC)OC. The van der Waals surface area contributed by atoms with Crippen LogP contribution in [0.15, 0.2) is 0 Å². The maximum Gasteiger partial charge on any atom is 0.497 e. The van der Waals surface area contributed by atoms with Crippen molar-refractivity contribution < 1.29 is 53.1 Å². The van der Waals surface area contributed by atoms with Crippen molar-refractivity contribution in [3.63, 3.8) is 0 Å². The van der Waals surface area contributed by atoms with Crippen molar-refractivity contribution in [3.05, 3.63) is 0 Å². The van der Waals surface area contributed by atoms with Gasteiger partial charge in [-0.15, -0.1) is 0 Å². The van der Waals surface area contributed by atoms with Gasteiger partial charge in [0.05, 0.1) is 8.07 Å². The first kappa shape index (κ1) is 33.6. The van der Waals surface area contributed by atoms with Crippen LogP contribution in [0.1, 0.15) is 0 Å². The fourth-order valence-corrected chi connectivity index (χ4v) is 37.5. The lowest BCUT2D eigenvalue weighted by Crippen LogP contribution is -2.65. The van der Waals surface area contributed by atoms with E-state index in [2.05, 4.69) is 0 Å². The fraction of sp³-hybridized carbons (Fsp3) is 1.00. The Balaban J connectivity index is 7.10. The van der Waals surface area contributed by atoms with Crippen molar-refractivity contribution in [3.8, 4) is 0 Å². The van der Waals surface area contributed by atoms with E-state index < -0.39 is 43.3 Å². The summed E-state index contributed by atoms with van der Waals surface area (Å²) < 4.78 is 70.2. The second kappa shape index (κ2) is 15.0. The number of hydrogen-bond donors (Lipinski definition) is 0. The topological polar surface area (TPSA) is 111 Å². The van der Waals surface area contributed by atoms with E-state index in [-0.39, 0.29) is 0 Å². The van der Waals surface area contributed by atoms with Gasteiger partial charge >= 0.3 is 35.2 Å². The summed E-state index contributed by atoms with van der Waals surface area (Å²) in [7, 11) is 3.52. The molecule has 200 valence electrons. The van der Waals surface area contributed by atoms with Gasteiger partial charge in [0.25, 0.3) is 0 Å². The standard InChI is InChI=1S/C16H44O12Si5/c1-17-30(18-2,19-3)13-29(14-31(20-4,21-5)22-6,15-32(23-7,24-8)25-9)16-33(26-10,27-11)28-12/h13-16H2,1-12H3. The van der Waals surface area contributed by atoms with Gasteiger partial charge in [0.1, 0.15) is 0 Å². The zero-order valence-corrected chi connectivity index (χ0v) is 27.2. The first-order valence-corrected chi connectivity index (χ1v) is 20.7. The third-order valence-electron chi connectivity index (χ3n) is 6.10. The molecule has 0 aliphatic heterocycles. The quantitative estimate of drug-likeness (QED) is 0.196. The van der Waals surface area contributed by atoms with Crippen LogP contribution in [0.5, 0.6) is 0 Å². The Kier molecular flexibility index (Phi) is 15.3. The van der Waals surface area contributed by atoms with Gasteiger partial charge in [-0.3, -0.25) is 0 Å².